The molecule has 0 bridgehead atoms. The van der Waals surface area contributed by atoms with Gasteiger partial charge in [-0.1, -0.05) is 0 Å². The van der Waals surface area contributed by atoms with E-state index in [1.807, 2.05) is 31.2 Å². The molecule has 1 saturated heterocycles. The largest absolute Gasteiger partial charge is 0.496 e. The van der Waals surface area contributed by atoms with E-state index in [1.54, 1.807) is 14.2 Å². The first kappa shape index (κ1) is 18.1. The number of hydrogen-bond acceptors (Lipinski definition) is 7. The third-order valence-electron chi connectivity index (χ3n) is 6.38. The number of ether oxygens (including phenoxy) is 5. The molecule has 2 heterocycles. The van der Waals surface area contributed by atoms with Crippen molar-refractivity contribution in [3.05, 3.63) is 46.5 Å². The molecule has 2 aromatic rings. The van der Waals surface area contributed by atoms with Crippen LogP contribution in [0.1, 0.15) is 34.2 Å². The highest BCUT2D eigenvalue weighted by molar-refractivity contribution is 5.79. The number of cyclic esters (lactones) is 1. The van der Waals surface area contributed by atoms with Gasteiger partial charge >= 0.3 is 5.97 Å². The summed E-state index contributed by atoms with van der Waals surface area (Å²) in [5.74, 6) is 1.80. The van der Waals surface area contributed by atoms with Gasteiger partial charge in [-0.3, -0.25) is 4.79 Å². The van der Waals surface area contributed by atoms with Crippen LogP contribution < -0.4 is 24.7 Å². The van der Waals surface area contributed by atoms with E-state index in [4.69, 9.17) is 29.4 Å². The second-order valence-electron chi connectivity index (χ2n) is 7.71. The highest BCUT2D eigenvalue weighted by Crippen LogP contribution is 2.54. The number of carbonyl (C=O) groups is 1. The number of methoxy groups -OCH3 is 2. The van der Waals surface area contributed by atoms with Gasteiger partial charge in [-0.05, 0) is 47.9 Å². The fourth-order valence-electron chi connectivity index (χ4n) is 4.89. The van der Waals surface area contributed by atoms with Gasteiger partial charge in [0.25, 0.3) is 0 Å². The van der Waals surface area contributed by atoms with E-state index in [9.17, 15) is 4.79 Å². The van der Waals surface area contributed by atoms with Crippen molar-refractivity contribution < 1.29 is 28.5 Å². The number of carbonyl (C=O) groups excluding carboxylic acids is 1. The minimum absolute atomic E-state index is 0.112. The Hall–Kier alpha value is -2.93. The zero-order chi connectivity index (χ0) is 20.3. The number of nitrogens with two attached hydrogens (primary N) is 1. The number of hydrogen-bond donors (Lipinski definition) is 1. The molecule has 0 aromatic heterocycles. The summed E-state index contributed by atoms with van der Waals surface area (Å²) in [5, 5.41) is 0. The molecule has 0 amide bonds. The SMILES string of the molecule is COc1cc([C@@H]2c3cc4c(cc3[C@@H](N)[C@H]3COC(=O)C23)OCO4)cc(OC)c1C. The molecule has 7 heteroatoms. The molecule has 2 aliphatic heterocycles. The van der Waals surface area contributed by atoms with Gasteiger partial charge < -0.3 is 29.4 Å². The van der Waals surface area contributed by atoms with Crippen LogP contribution in [0.25, 0.3) is 0 Å². The molecule has 1 unspecified atom stereocenters. The van der Waals surface area contributed by atoms with Crippen molar-refractivity contribution in [1.82, 2.24) is 0 Å². The summed E-state index contributed by atoms with van der Waals surface area (Å²) in [4.78, 5) is 12.8. The summed E-state index contributed by atoms with van der Waals surface area (Å²) in [6.45, 7) is 2.44. The molecule has 1 fully saturated rings. The van der Waals surface area contributed by atoms with Crippen molar-refractivity contribution in [2.45, 2.75) is 18.9 Å². The summed E-state index contributed by atoms with van der Waals surface area (Å²) in [5.41, 5.74) is 10.3. The number of fused-ring (bicyclic) bond motifs is 3. The van der Waals surface area contributed by atoms with Crippen LogP contribution >= 0.6 is 0 Å². The molecule has 3 aliphatic rings. The van der Waals surface area contributed by atoms with Gasteiger partial charge in [0.15, 0.2) is 11.5 Å². The summed E-state index contributed by atoms with van der Waals surface area (Å²) < 4.78 is 27.8. The fourth-order valence-corrected chi connectivity index (χ4v) is 4.89. The Bertz CT molecular complexity index is 978. The van der Waals surface area contributed by atoms with E-state index in [2.05, 4.69) is 0 Å². The standard InChI is InChI=1S/C22H23NO6/c1-10-15(25-2)4-11(5-16(10)26-3)19-12-6-17-18(29-9-28-17)7-13(12)21(23)14-8-27-22(24)20(14)19/h4-7,14,19-21H,8-9,23H2,1-3H3/t14-,19+,20?,21+/m0/s1. The Labute approximate surface area is 168 Å². The summed E-state index contributed by atoms with van der Waals surface area (Å²) in [6, 6.07) is 7.51. The topological polar surface area (TPSA) is 89.2 Å². The minimum atomic E-state index is -0.380. The molecular formula is C22H23NO6. The third-order valence-corrected chi connectivity index (χ3v) is 6.38. The predicted molar refractivity (Wildman–Crippen MR) is 104 cm³/mol. The quantitative estimate of drug-likeness (QED) is 0.797. The van der Waals surface area contributed by atoms with E-state index in [1.165, 1.54) is 0 Å². The lowest BCUT2D eigenvalue weighted by Crippen LogP contribution is -2.38. The number of rotatable bonds is 3. The van der Waals surface area contributed by atoms with Crippen molar-refractivity contribution in [2.75, 3.05) is 27.6 Å². The van der Waals surface area contributed by atoms with Crippen molar-refractivity contribution >= 4 is 5.97 Å². The molecular weight excluding hydrogens is 374 g/mol. The van der Waals surface area contributed by atoms with Crippen molar-refractivity contribution in [3.63, 3.8) is 0 Å². The Morgan fingerprint density at radius 3 is 2.21 bits per heavy atom. The second-order valence-corrected chi connectivity index (χ2v) is 7.71. The van der Waals surface area contributed by atoms with Gasteiger partial charge in [0.1, 0.15) is 11.5 Å². The van der Waals surface area contributed by atoms with Crippen LogP contribution in [0.2, 0.25) is 0 Å². The third kappa shape index (κ3) is 2.57. The predicted octanol–water partition coefficient (Wildman–Crippen LogP) is 2.68. The second kappa shape index (κ2) is 6.56. The maximum Gasteiger partial charge on any atom is 0.310 e. The van der Waals surface area contributed by atoms with E-state index >= 15 is 0 Å². The Morgan fingerprint density at radius 1 is 0.966 bits per heavy atom. The highest BCUT2D eigenvalue weighted by atomic mass is 16.7. The van der Waals surface area contributed by atoms with Crippen LogP contribution in [-0.4, -0.2) is 33.6 Å². The average Bonchev–Trinajstić information content (AvgIpc) is 3.34. The van der Waals surface area contributed by atoms with Gasteiger partial charge in [0.05, 0.1) is 26.7 Å². The Kier molecular flexibility index (Phi) is 4.10. The van der Waals surface area contributed by atoms with Crippen LogP contribution in [0, 0.1) is 18.8 Å². The molecule has 2 aromatic carbocycles. The molecule has 1 aliphatic carbocycles. The summed E-state index contributed by atoms with van der Waals surface area (Å²) >= 11 is 0. The number of esters is 1. The molecule has 5 rings (SSSR count). The van der Waals surface area contributed by atoms with Gasteiger partial charge in [0.2, 0.25) is 6.79 Å². The Balaban J connectivity index is 1.75. The van der Waals surface area contributed by atoms with Crippen LogP contribution in [0.5, 0.6) is 23.0 Å². The zero-order valence-electron chi connectivity index (χ0n) is 16.6. The summed E-state index contributed by atoms with van der Waals surface area (Å²) in [6.07, 6.45) is 0. The fraction of sp³-hybridized carbons (Fsp3) is 0.409. The molecule has 4 atom stereocenters. The molecule has 0 saturated carbocycles. The number of benzene rings is 2. The van der Waals surface area contributed by atoms with E-state index < -0.39 is 0 Å². The molecule has 0 spiro atoms. The van der Waals surface area contributed by atoms with Crippen molar-refractivity contribution in [3.8, 4) is 23.0 Å². The van der Waals surface area contributed by atoms with E-state index in [-0.39, 0.29) is 36.6 Å². The zero-order valence-corrected chi connectivity index (χ0v) is 16.6. The van der Waals surface area contributed by atoms with Gasteiger partial charge in [-0.2, -0.15) is 0 Å². The minimum Gasteiger partial charge on any atom is -0.496 e. The monoisotopic (exact) mass is 397 g/mol. The molecule has 0 radical (unpaired) electrons. The van der Waals surface area contributed by atoms with Crippen LogP contribution in [0.3, 0.4) is 0 Å². The van der Waals surface area contributed by atoms with Crippen molar-refractivity contribution in [2.24, 2.45) is 17.6 Å². The first-order valence-electron chi connectivity index (χ1n) is 9.61. The van der Waals surface area contributed by atoms with Gasteiger partial charge in [-0.25, -0.2) is 0 Å². The highest BCUT2D eigenvalue weighted by Gasteiger charge is 2.51. The smallest absolute Gasteiger partial charge is 0.310 e. The van der Waals surface area contributed by atoms with E-state index in [0.717, 1.165) is 22.3 Å². The van der Waals surface area contributed by atoms with Crippen LogP contribution in [0.15, 0.2) is 24.3 Å². The molecule has 29 heavy (non-hydrogen) atoms. The van der Waals surface area contributed by atoms with Gasteiger partial charge in [0, 0.05) is 23.4 Å². The normalized spacial score (nSPS) is 26.6. The lowest BCUT2D eigenvalue weighted by molar-refractivity contribution is -0.141. The van der Waals surface area contributed by atoms with Gasteiger partial charge in [-0.15, -0.1) is 0 Å². The van der Waals surface area contributed by atoms with Crippen molar-refractivity contribution in [1.29, 1.82) is 0 Å². The lowest BCUT2D eigenvalue weighted by atomic mass is 9.65. The average molecular weight is 397 g/mol. The molecule has 2 N–H and O–H groups in total. The lowest BCUT2D eigenvalue weighted by Gasteiger charge is -2.37. The first-order valence-corrected chi connectivity index (χ1v) is 9.61. The maximum absolute atomic E-state index is 12.8. The van der Waals surface area contributed by atoms with Crippen LogP contribution in [-0.2, 0) is 9.53 Å². The summed E-state index contributed by atoms with van der Waals surface area (Å²) in [7, 11) is 3.25. The first-order chi connectivity index (χ1) is 14.0. The molecule has 152 valence electrons. The van der Waals surface area contributed by atoms with Crippen LogP contribution in [0.4, 0.5) is 0 Å². The van der Waals surface area contributed by atoms with E-state index in [0.29, 0.717) is 29.6 Å². The maximum atomic E-state index is 12.8. The molecule has 7 nitrogen and oxygen atoms in total. The Morgan fingerprint density at radius 2 is 1.59 bits per heavy atom.